The third-order valence-corrected chi connectivity index (χ3v) is 7.59. The topological polar surface area (TPSA) is 66.5 Å². The number of carbonyl (C=O) groups excluding carboxylic acids is 1. The smallest absolute Gasteiger partial charge is 0.251 e. The van der Waals surface area contributed by atoms with Gasteiger partial charge in [0.05, 0.1) is 5.02 Å². The molecule has 1 fully saturated rings. The van der Waals surface area contributed by atoms with Gasteiger partial charge in [-0.05, 0) is 56.4 Å². The average molecular weight is 435 g/mol. The van der Waals surface area contributed by atoms with E-state index in [9.17, 15) is 13.2 Å². The second kappa shape index (κ2) is 9.74. The molecule has 0 aromatic heterocycles. The van der Waals surface area contributed by atoms with Crippen LogP contribution in [0.3, 0.4) is 0 Å². The molecule has 1 N–H and O–H groups in total. The van der Waals surface area contributed by atoms with E-state index in [1.165, 1.54) is 22.0 Å². The highest BCUT2D eigenvalue weighted by molar-refractivity contribution is 7.89. The highest BCUT2D eigenvalue weighted by Gasteiger charge is 2.28. The van der Waals surface area contributed by atoms with Crippen molar-refractivity contribution in [2.24, 2.45) is 0 Å². The molecule has 0 radical (unpaired) electrons. The lowest BCUT2D eigenvalue weighted by molar-refractivity contribution is 0.0938. The molecule has 1 heterocycles. The van der Waals surface area contributed by atoms with Crippen LogP contribution in [-0.2, 0) is 16.4 Å². The van der Waals surface area contributed by atoms with Gasteiger partial charge in [0.1, 0.15) is 4.90 Å². The lowest BCUT2D eigenvalue weighted by Crippen LogP contribution is -2.36. The summed E-state index contributed by atoms with van der Waals surface area (Å²) in [6, 6.07) is 14.5. The second-order valence-corrected chi connectivity index (χ2v) is 9.82. The van der Waals surface area contributed by atoms with Crippen molar-refractivity contribution in [3.8, 4) is 0 Å². The van der Waals surface area contributed by atoms with E-state index in [4.69, 9.17) is 11.6 Å². The van der Waals surface area contributed by atoms with Gasteiger partial charge in [0, 0.05) is 24.7 Å². The molecule has 0 spiro atoms. The Morgan fingerprint density at radius 1 is 1.10 bits per heavy atom. The molecule has 156 valence electrons. The number of sulfonamides is 1. The minimum absolute atomic E-state index is 0.00524. The fraction of sp³-hybridized carbons (Fsp3) is 0.409. The Balaban J connectivity index is 1.68. The summed E-state index contributed by atoms with van der Waals surface area (Å²) < 4.78 is 27.4. The fourth-order valence-electron chi connectivity index (χ4n) is 3.49. The standard InChI is InChI=1S/C22H27ClN2O3S/c1-17(10-11-18-8-4-2-5-9-18)24-22(26)19-12-13-20(23)21(16-19)29(27,28)25-14-6-3-7-15-25/h2,4-5,8-9,12-13,16-17H,3,6-7,10-11,14-15H2,1H3,(H,24,26)/t17-/m0/s1. The Morgan fingerprint density at radius 3 is 2.48 bits per heavy atom. The number of nitrogens with one attached hydrogen (secondary N) is 1. The molecule has 1 amide bonds. The van der Waals surface area contributed by atoms with E-state index in [0.29, 0.717) is 18.7 Å². The van der Waals surface area contributed by atoms with Gasteiger partial charge in [-0.25, -0.2) is 8.42 Å². The molecule has 2 aromatic rings. The predicted octanol–water partition coefficient (Wildman–Crippen LogP) is 4.27. The number of rotatable bonds is 7. The van der Waals surface area contributed by atoms with Crippen molar-refractivity contribution in [3.05, 3.63) is 64.7 Å². The van der Waals surface area contributed by atoms with E-state index >= 15 is 0 Å². The van der Waals surface area contributed by atoms with Crippen LogP contribution in [0.4, 0.5) is 0 Å². The van der Waals surface area contributed by atoms with Gasteiger partial charge in [0.25, 0.3) is 5.91 Å². The van der Waals surface area contributed by atoms with Crippen molar-refractivity contribution in [2.75, 3.05) is 13.1 Å². The fourth-order valence-corrected chi connectivity index (χ4v) is 5.51. The van der Waals surface area contributed by atoms with Gasteiger partial charge < -0.3 is 5.32 Å². The molecule has 1 atom stereocenters. The molecule has 1 aliphatic heterocycles. The van der Waals surface area contributed by atoms with Gasteiger partial charge in [-0.2, -0.15) is 4.31 Å². The first-order chi connectivity index (χ1) is 13.9. The Labute approximate surface area is 178 Å². The first-order valence-corrected chi connectivity index (χ1v) is 11.8. The summed E-state index contributed by atoms with van der Waals surface area (Å²) in [6.07, 6.45) is 4.37. The normalized spacial score (nSPS) is 16.3. The first kappa shape index (κ1) is 21.8. The van der Waals surface area contributed by atoms with Gasteiger partial charge in [-0.1, -0.05) is 48.4 Å². The summed E-state index contributed by atoms with van der Waals surface area (Å²) in [5.41, 5.74) is 1.52. The maximum atomic E-state index is 13.0. The summed E-state index contributed by atoms with van der Waals surface area (Å²) in [4.78, 5) is 12.7. The van der Waals surface area contributed by atoms with Gasteiger partial charge in [0.15, 0.2) is 0 Å². The van der Waals surface area contributed by atoms with E-state index < -0.39 is 10.0 Å². The number of amides is 1. The van der Waals surface area contributed by atoms with E-state index in [0.717, 1.165) is 32.1 Å². The van der Waals surface area contributed by atoms with E-state index in [1.807, 2.05) is 25.1 Å². The van der Waals surface area contributed by atoms with Gasteiger partial charge in [-0.3, -0.25) is 4.79 Å². The minimum Gasteiger partial charge on any atom is -0.350 e. The van der Waals surface area contributed by atoms with Crippen molar-refractivity contribution in [2.45, 2.75) is 50.0 Å². The lowest BCUT2D eigenvalue weighted by atomic mass is 10.1. The Bertz CT molecular complexity index is 942. The van der Waals surface area contributed by atoms with E-state index in [1.54, 1.807) is 6.07 Å². The number of benzene rings is 2. The van der Waals surface area contributed by atoms with E-state index in [-0.39, 0.29) is 21.9 Å². The molecular weight excluding hydrogens is 408 g/mol. The average Bonchev–Trinajstić information content (AvgIpc) is 2.73. The molecule has 1 aliphatic rings. The van der Waals surface area contributed by atoms with Gasteiger partial charge in [-0.15, -0.1) is 0 Å². The quantitative estimate of drug-likeness (QED) is 0.707. The zero-order valence-electron chi connectivity index (χ0n) is 16.6. The Hall–Kier alpha value is -1.89. The summed E-state index contributed by atoms with van der Waals surface area (Å²) in [6.45, 7) is 2.93. The van der Waals surface area contributed by atoms with Crippen LogP contribution in [0.1, 0.15) is 48.5 Å². The van der Waals surface area contributed by atoms with Crippen molar-refractivity contribution in [1.29, 1.82) is 0 Å². The zero-order valence-corrected chi connectivity index (χ0v) is 18.2. The highest BCUT2D eigenvalue weighted by Crippen LogP contribution is 2.28. The molecule has 0 aliphatic carbocycles. The van der Waals surface area contributed by atoms with Crippen molar-refractivity contribution < 1.29 is 13.2 Å². The number of hydrogen-bond acceptors (Lipinski definition) is 3. The van der Waals surface area contributed by atoms with Crippen LogP contribution in [0, 0.1) is 0 Å². The predicted molar refractivity (Wildman–Crippen MR) is 116 cm³/mol. The summed E-state index contributed by atoms with van der Waals surface area (Å²) in [5, 5.41) is 3.10. The third-order valence-electron chi connectivity index (χ3n) is 5.21. The largest absolute Gasteiger partial charge is 0.350 e. The van der Waals surface area contributed by atoms with Crippen molar-refractivity contribution >= 4 is 27.5 Å². The molecule has 5 nitrogen and oxygen atoms in total. The summed E-state index contributed by atoms with van der Waals surface area (Å²) in [7, 11) is -3.70. The second-order valence-electron chi connectivity index (χ2n) is 7.51. The molecule has 7 heteroatoms. The van der Waals surface area contributed by atoms with Crippen LogP contribution in [0.5, 0.6) is 0 Å². The lowest BCUT2D eigenvalue weighted by Gasteiger charge is -2.26. The summed E-state index contributed by atoms with van der Waals surface area (Å²) >= 11 is 6.19. The molecule has 29 heavy (non-hydrogen) atoms. The van der Waals surface area contributed by atoms with Crippen molar-refractivity contribution in [3.63, 3.8) is 0 Å². The van der Waals surface area contributed by atoms with Crippen LogP contribution in [0.15, 0.2) is 53.4 Å². The van der Waals surface area contributed by atoms with Crippen LogP contribution in [0.2, 0.25) is 5.02 Å². The summed E-state index contributed by atoms with van der Waals surface area (Å²) in [5.74, 6) is -0.294. The van der Waals surface area contributed by atoms with Gasteiger partial charge >= 0.3 is 0 Å². The molecule has 2 aromatic carbocycles. The van der Waals surface area contributed by atoms with Gasteiger partial charge in [0.2, 0.25) is 10.0 Å². The number of aryl methyl sites for hydroxylation is 1. The van der Waals surface area contributed by atoms with Crippen LogP contribution in [-0.4, -0.2) is 37.8 Å². The maximum absolute atomic E-state index is 13.0. The van der Waals surface area contributed by atoms with Crippen molar-refractivity contribution in [1.82, 2.24) is 9.62 Å². The van der Waals surface area contributed by atoms with Crippen LogP contribution < -0.4 is 5.32 Å². The Kier molecular flexibility index (Phi) is 7.33. The monoisotopic (exact) mass is 434 g/mol. The number of halogens is 1. The number of carbonyl (C=O) groups is 1. The maximum Gasteiger partial charge on any atom is 0.251 e. The number of piperidine rings is 1. The molecule has 0 unspecified atom stereocenters. The molecule has 1 saturated heterocycles. The Morgan fingerprint density at radius 2 is 1.79 bits per heavy atom. The molecule has 0 bridgehead atoms. The van der Waals surface area contributed by atoms with E-state index in [2.05, 4.69) is 17.4 Å². The van der Waals surface area contributed by atoms with Crippen LogP contribution in [0.25, 0.3) is 0 Å². The third kappa shape index (κ3) is 5.59. The number of nitrogens with zero attached hydrogens (tertiary/aromatic N) is 1. The molecule has 0 saturated carbocycles. The minimum atomic E-state index is -3.70. The number of hydrogen-bond donors (Lipinski definition) is 1. The highest BCUT2D eigenvalue weighted by atomic mass is 35.5. The van der Waals surface area contributed by atoms with Crippen LogP contribution >= 0.6 is 11.6 Å². The zero-order chi connectivity index (χ0) is 20.9. The molecule has 3 rings (SSSR count). The molecular formula is C22H27ClN2O3S. The SMILES string of the molecule is C[C@@H](CCc1ccccc1)NC(=O)c1ccc(Cl)c(S(=O)(=O)N2CCCCC2)c1. The first-order valence-electron chi connectivity index (χ1n) is 10.0.